The Morgan fingerprint density at radius 1 is 0.382 bits per heavy atom. The molecule has 180 valence electrons. The Morgan fingerprint density at radius 2 is 0.588 bits per heavy atom. The highest BCUT2D eigenvalue weighted by Crippen LogP contribution is 2.26. The first kappa shape index (κ1) is 26.8. The van der Waals surface area contributed by atoms with E-state index in [1.165, 1.54) is 15.8 Å². The topological polar surface area (TPSA) is 0 Å². The molecule has 0 atom stereocenters. The van der Waals surface area contributed by atoms with Crippen LogP contribution in [-0.4, -0.2) is 14.1 Å². The summed E-state index contributed by atoms with van der Waals surface area (Å²) in [6, 6.07) is 21.1. The van der Waals surface area contributed by atoms with Gasteiger partial charge in [-0.25, -0.2) is 0 Å². The van der Waals surface area contributed by atoms with Crippen LogP contribution in [0.5, 0.6) is 0 Å². The van der Waals surface area contributed by atoms with E-state index in [9.17, 15) is 0 Å². The molecule has 0 unspecified atom stereocenters. The van der Waals surface area contributed by atoms with E-state index < -0.39 is 14.1 Å². The van der Waals surface area contributed by atoms with Crippen LogP contribution in [0.25, 0.3) is 0 Å². The third-order valence-electron chi connectivity index (χ3n) is 7.87. The highest BCUT2D eigenvalue weighted by molar-refractivity contribution is 6.57. The van der Waals surface area contributed by atoms with E-state index in [2.05, 4.69) is 96.1 Å². The average molecular weight is 469 g/mol. The molecule has 0 radical (unpaired) electrons. The number of aryl methyl sites for hydroxylation is 6. The number of hydrogen-bond acceptors (Lipinski definition) is 0. The van der Waals surface area contributed by atoms with Crippen LogP contribution >= 0.6 is 0 Å². The van der Waals surface area contributed by atoms with Gasteiger partial charge in [-0.15, -0.1) is 0 Å². The van der Waals surface area contributed by atoms with Crippen molar-refractivity contribution in [3.05, 3.63) is 105 Å². The van der Waals surface area contributed by atoms with Crippen molar-refractivity contribution in [2.75, 3.05) is 0 Å². The van der Waals surface area contributed by atoms with Gasteiger partial charge in [-0.3, -0.25) is 0 Å². The predicted molar refractivity (Wildman–Crippen MR) is 152 cm³/mol. The lowest BCUT2D eigenvalue weighted by molar-refractivity contribution is 0.987. The molecule has 3 rings (SSSR count). The Labute approximate surface area is 214 Å². The first-order chi connectivity index (χ1) is 16.6. The lowest BCUT2D eigenvalue weighted by Crippen LogP contribution is -2.28. The fourth-order valence-corrected chi connectivity index (χ4v) is 9.66. The molecule has 1 heteroatoms. The Bertz CT molecular complexity index is 859. The largest absolute Gasteiger partial charge is 0.277 e. The Kier molecular flexibility index (Phi) is 10.5. The van der Waals surface area contributed by atoms with Crippen molar-refractivity contribution < 1.29 is 0 Å². The molecule has 0 amide bonds. The number of hydrogen-bond donors (Lipinski definition) is 0. The van der Waals surface area contributed by atoms with E-state index in [0.29, 0.717) is 0 Å². The first-order valence-corrected chi connectivity index (χ1v) is 16.3. The second-order valence-electron chi connectivity index (χ2n) is 9.76. The molecular formula is C33H45Al. The third-order valence-corrected chi connectivity index (χ3v) is 10.8. The van der Waals surface area contributed by atoms with Crippen molar-refractivity contribution in [1.29, 1.82) is 0 Å². The van der Waals surface area contributed by atoms with Gasteiger partial charge in [-0.2, -0.15) is 0 Å². The molecule has 0 fully saturated rings. The smallest absolute Gasteiger partial charge is 0.0681 e. The van der Waals surface area contributed by atoms with Crippen molar-refractivity contribution >= 4 is 14.1 Å². The zero-order chi connectivity index (χ0) is 24.5. The van der Waals surface area contributed by atoms with E-state index >= 15 is 0 Å². The fraction of sp³-hybridized carbons (Fsp3) is 0.455. The standard InChI is InChI=1S/3C11H15.Al/c3*1-4-10-7-6-8-11(5-2)9(10)3;/h3*6-8H,3-5H2,1-2H3;. The van der Waals surface area contributed by atoms with Crippen LogP contribution in [-0.2, 0) is 54.4 Å². The minimum absolute atomic E-state index is 1.14. The summed E-state index contributed by atoms with van der Waals surface area (Å²) < 4.78 is 0. The molecule has 3 aromatic rings. The zero-order valence-electron chi connectivity index (χ0n) is 22.6. The van der Waals surface area contributed by atoms with Crippen molar-refractivity contribution in [2.45, 2.75) is 95.9 Å². The molecule has 0 aliphatic carbocycles. The van der Waals surface area contributed by atoms with Crippen LogP contribution in [0.15, 0.2) is 54.6 Å². The quantitative estimate of drug-likeness (QED) is 0.235. The maximum absolute atomic E-state index is 2.38. The summed E-state index contributed by atoms with van der Waals surface area (Å²) in [5.74, 6) is 0. The summed E-state index contributed by atoms with van der Waals surface area (Å²) in [4.78, 5) is 0. The van der Waals surface area contributed by atoms with Gasteiger partial charge in [-0.1, -0.05) is 129 Å². The molecule has 0 N–H and O–H groups in total. The summed E-state index contributed by atoms with van der Waals surface area (Å²) in [6.45, 7) is 14.0. The maximum Gasteiger partial charge on any atom is 0.277 e. The van der Waals surface area contributed by atoms with Crippen molar-refractivity contribution in [3.8, 4) is 0 Å². The van der Waals surface area contributed by atoms with Crippen LogP contribution < -0.4 is 0 Å². The van der Waals surface area contributed by atoms with Gasteiger partial charge in [0, 0.05) is 0 Å². The summed E-state index contributed by atoms with van der Waals surface area (Å²) in [5.41, 5.74) is 14.5. The number of benzene rings is 3. The van der Waals surface area contributed by atoms with Crippen LogP contribution in [0.4, 0.5) is 0 Å². The molecule has 0 heterocycles. The third kappa shape index (κ3) is 6.24. The lowest BCUT2D eigenvalue weighted by atomic mass is 9.98. The summed E-state index contributed by atoms with van der Waals surface area (Å²) >= 11 is -1.17. The van der Waals surface area contributed by atoms with Crippen LogP contribution in [0.3, 0.4) is 0 Å². The molecule has 0 aromatic heterocycles. The lowest BCUT2D eigenvalue weighted by Gasteiger charge is -2.23. The molecule has 0 spiro atoms. The zero-order valence-corrected chi connectivity index (χ0v) is 23.8. The molecule has 34 heavy (non-hydrogen) atoms. The first-order valence-electron chi connectivity index (χ1n) is 13.9. The highest BCUT2D eigenvalue weighted by atomic mass is 27.2. The van der Waals surface area contributed by atoms with Crippen molar-refractivity contribution in [1.82, 2.24) is 0 Å². The van der Waals surface area contributed by atoms with Gasteiger partial charge in [0.1, 0.15) is 0 Å². The van der Waals surface area contributed by atoms with E-state index in [1.54, 1.807) is 50.1 Å². The molecule has 0 nitrogen and oxygen atoms in total. The van der Waals surface area contributed by atoms with E-state index in [0.717, 1.165) is 38.5 Å². The minimum atomic E-state index is -1.17. The second-order valence-corrected chi connectivity index (χ2v) is 12.7. The van der Waals surface area contributed by atoms with Crippen LogP contribution in [0, 0.1) is 0 Å². The Morgan fingerprint density at radius 3 is 0.765 bits per heavy atom. The second kappa shape index (κ2) is 13.3. The van der Waals surface area contributed by atoms with Crippen molar-refractivity contribution in [2.24, 2.45) is 0 Å². The van der Waals surface area contributed by atoms with Gasteiger partial charge in [0.2, 0.25) is 0 Å². The normalized spacial score (nSPS) is 11.1. The van der Waals surface area contributed by atoms with Gasteiger partial charge < -0.3 is 0 Å². The Hall–Kier alpha value is -1.81. The highest BCUT2D eigenvalue weighted by Gasteiger charge is 2.25. The predicted octanol–water partition coefficient (Wildman–Crippen LogP) is 8.20. The molecule has 0 bridgehead atoms. The molecule has 0 aliphatic heterocycles. The molecular weight excluding hydrogens is 423 g/mol. The van der Waals surface area contributed by atoms with E-state index in [4.69, 9.17) is 0 Å². The monoisotopic (exact) mass is 468 g/mol. The van der Waals surface area contributed by atoms with Gasteiger partial charge in [0.05, 0.1) is 0 Å². The van der Waals surface area contributed by atoms with E-state index in [1.807, 2.05) is 0 Å². The molecule has 3 aromatic carbocycles. The van der Waals surface area contributed by atoms with Gasteiger partial charge in [-0.05, 0) is 71.9 Å². The summed E-state index contributed by atoms with van der Waals surface area (Å²) in [6.07, 6.45) is 6.84. The van der Waals surface area contributed by atoms with Crippen LogP contribution in [0.2, 0.25) is 0 Å². The van der Waals surface area contributed by atoms with Gasteiger partial charge in [0.25, 0.3) is 14.1 Å². The summed E-state index contributed by atoms with van der Waals surface area (Å²) in [7, 11) is 0. The summed E-state index contributed by atoms with van der Waals surface area (Å²) in [5, 5.41) is 3.95. The van der Waals surface area contributed by atoms with Gasteiger partial charge >= 0.3 is 0 Å². The average Bonchev–Trinajstić information content (AvgIpc) is 2.88. The SMILES string of the molecule is CCc1cccc(CC)c1[CH2][Al]([CH2]c1c(CC)cccc1CC)[CH2]c1c(CC)cccc1CC. The van der Waals surface area contributed by atoms with E-state index in [-0.39, 0.29) is 0 Å². The van der Waals surface area contributed by atoms with Gasteiger partial charge in [0.15, 0.2) is 0 Å². The Balaban J connectivity index is 2.10. The minimum Gasteiger partial charge on any atom is -0.0681 e. The molecule has 0 saturated heterocycles. The van der Waals surface area contributed by atoms with Crippen molar-refractivity contribution in [3.63, 3.8) is 0 Å². The molecule has 0 saturated carbocycles. The fourth-order valence-electron chi connectivity index (χ4n) is 5.92. The number of rotatable bonds is 12. The maximum atomic E-state index is 2.38. The molecule has 0 aliphatic rings. The van der Waals surface area contributed by atoms with Crippen LogP contribution in [0.1, 0.15) is 91.6 Å².